The van der Waals surface area contributed by atoms with Crippen LogP contribution in [0.2, 0.25) is 0 Å². The van der Waals surface area contributed by atoms with E-state index < -0.39 is 0 Å². The van der Waals surface area contributed by atoms with Gasteiger partial charge in [-0.15, -0.1) is 0 Å². The van der Waals surface area contributed by atoms with Crippen LogP contribution in [0.4, 0.5) is 0 Å². The van der Waals surface area contributed by atoms with Gasteiger partial charge in [0.2, 0.25) is 0 Å². The van der Waals surface area contributed by atoms with Crippen LogP contribution < -0.4 is 0 Å². The number of hydrogen-bond donors (Lipinski definition) is 0. The highest BCUT2D eigenvalue weighted by molar-refractivity contribution is 9.10. The molecule has 0 atom stereocenters. The second-order valence-corrected chi connectivity index (χ2v) is 7.47. The molecule has 106 valence electrons. The molecule has 1 nitrogen and oxygen atoms in total. The van der Waals surface area contributed by atoms with E-state index in [1.165, 1.54) is 48.7 Å². The molecule has 1 fully saturated rings. The van der Waals surface area contributed by atoms with Gasteiger partial charge >= 0.3 is 0 Å². The minimum Gasteiger partial charge on any atom is -0.302 e. The van der Waals surface area contributed by atoms with Crippen molar-refractivity contribution in [2.24, 2.45) is 5.41 Å². The zero-order valence-electron chi connectivity index (χ0n) is 11.7. The molecule has 19 heavy (non-hydrogen) atoms. The first-order valence-corrected chi connectivity index (χ1v) is 9.04. The maximum atomic E-state index is 3.76. The molecule has 0 N–H and O–H groups in total. The lowest BCUT2D eigenvalue weighted by Crippen LogP contribution is -2.38. The van der Waals surface area contributed by atoms with E-state index in [1.807, 2.05) is 0 Å². The summed E-state index contributed by atoms with van der Waals surface area (Å²) >= 11 is 7.31. The van der Waals surface area contributed by atoms with Crippen molar-refractivity contribution in [1.29, 1.82) is 0 Å². The zero-order chi connectivity index (χ0) is 13.7. The molecule has 0 radical (unpaired) electrons. The molecular weight excluding hydrogens is 366 g/mol. The molecule has 1 saturated carbocycles. The maximum Gasteiger partial charge on any atom is 0.0231 e. The number of halogens is 2. The Hall–Kier alpha value is 0.140. The Morgan fingerprint density at radius 1 is 1.21 bits per heavy atom. The molecule has 3 heteroatoms. The lowest BCUT2D eigenvalue weighted by molar-refractivity contribution is 0.141. The highest BCUT2D eigenvalue weighted by Gasteiger charge is 2.31. The van der Waals surface area contributed by atoms with E-state index in [-0.39, 0.29) is 0 Å². The van der Waals surface area contributed by atoms with E-state index in [4.69, 9.17) is 0 Å². The minimum atomic E-state index is 0.499. The van der Waals surface area contributed by atoms with Gasteiger partial charge in [-0.3, -0.25) is 0 Å². The van der Waals surface area contributed by atoms with Gasteiger partial charge in [-0.2, -0.15) is 0 Å². The van der Waals surface area contributed by atoms with Crippen LogP contribution in [0.5, 0.6) is 0 Å². The van der Waals surface area contributed by atoms with Crippen molar-refractivity contribution in [2.45, 2.75) is 38.6 Å². The van der Waals surface area contributed by atoms with Gasteiger partial charge in [-0.25, -0.2) is 0 Å². The molecule has 0 bridgehead atoms. The first-order chi connectivity index (χ1) is 9.13. The van der Waals surface area contributed by atoms with Crippen LogP contribution in [-0.2, 0) is 6.54 Å². The van der Waals surface area contributed by atoms with Crippen LogP contribution in [0.15, 0.2) is 28.7 Å². The first kappa shape index (κ1) is 15.5. The fourth-order valence-electron chi connectivity index (χ4n) is 3.21. The fourth-order valence-corrected chi connectivity index (χ4v) is 4.40. The molecule has 1 aromatic carbocycles. The van der Waals surface area contributed by atoms with Gasteiger partial charge in [0.1, 0.15) is 0 Å². The predicted octanol–water partition coefficient (Wildman–Crippen LogP) is 5.23. The summed E-state index contributed by atoms with van der Waals surface area (Å²) in [6.45, 7) is 2.24. The van der Waals surface area contributed by atoms with Crippen molar-refractivity contribution in [2.75, 3.05) is 18.9 Å². The van der Waals surface area contributed by atoms with Gasteiger partial charge in [-0.05, 0) is 43.0 Å². The zero-order valence-corrected chi connectivity index (χ0v) is 14.8. The van der Waals surface area contributed by atoms with Gasteiger partial charge in [-0.1, -0.05) is 63.3 Å². The number of rotatable bonds is 5. The van der Waals surface area contributed by atoms with Crippen LogP contribution in [0.3, 0.4) is 0 Å². The number of alkyl halides is 1. The number of benzene rings is 1. The number of nitrogens with zero attached hydrogens (tertiary/aromatic N) is 1. The molecule has 1 aliphatic carbocycles. The smallest absolute Gasteiger partial charge is 0.0231 e. The molecule has 0 saturated heterocycles. The quantitative estimate of drug-likeness (QED) is 0.624. The van der Waals surface area contributed by atoms with Crippen molar-refractivity contribution in [3.05, 3.63) is 34.3 Å². The normalized spacial score (nSPS) is 18.7. The largest absolute Gasteiger partial charge is 0.302 e. The van der Waals surface area contributed by atoms with Crippen LogP contribution in [0.1, 0.15) is 37.7 Å². The van der Waals surface area contributed by atoms with E-state index in [0.29, 0.717) is 5.41 Å². The van der Waals surface area contributed by atoms with Crippen molar-refractivity contribution < 1.29 is 0 Å². The summed E-state index contributed by atoms with van der Waals surface area (Å²) in [7, 11) is 2.25. The summed E-state index contributed by atoms with van der Waals surface area (Å²) in [6.07, 6.45) is 6.97. The van der Waals surface area contributed by atoms with Crippen LogP contribution in [0.25, 0.3) is 0 Å². The fraction of sp³-hybridized carbons (Fsp3) is 0.625. The second-order valence-electron chi connectivity index (χ2n) is 6.00. The van der Waals surface area contributed by atoms with Crippen molar-refractivity contribution >= 4 is 31.9 Å². The lowest BCUT2D eigenvalue weighted by Gasteiger charge is -2.39. The van der Waals surface area contributed by atoms with Crippen LogP contribution in [-0.4, -0.2) is 23.8 Å². The Labute approximate surface area is 134 Å². The Balaban J connectivity index is 1.94. The van der Waals surface area contributed by atoms with E-state index in [2.05, 4.69) is 68.1 Å². The molecule has 0 amide bonds. The highest BCUT2D eigenvalue weighted by Crippen LogP contribution is 2.38. The highest BCUT2D eigenvalue weighted by atomic mass is 79.9. The average molecular weight is 389 g/mol. The Morgan fingerprint density at radius 2 is 1.95 bits per heavy atom. The third kappa shape index (κ3) is 4.57. The van der Waals surface area contributed by atoms with Crippen molar-refractivity contribution in [3.8, 4) is 0 Å². The Morgan fingerprint density at radius 3 is 2.58 bits per heavy atom. The summed E-state index contributed by atoms with van der Waals surface area (Å²) in [5, 5.41) is 1.14. The van der Waals surface area contributed by atoms with Crippen molar-refractivity contribution in [1.82, 2.24) is 4.90 Å². The summed E-state index contributed by atoms with van der Waals surface area (Å²) in [5.74, 6) is 0. The van der Waals surface area contributed by atoms with E-state index >= 15 is 0 Å². The summed E-state index contributed by atoms with van der Waals surface area (Å²) in [4.78, 5) is 2.48. The van der Waals surface area contributed by atoms with Crippen LogP contribution >= 0.6 is 31.9 Å². The SMILES string of the molecule is CN(Cc1cccc(Br)c1)CC1(CBr)CCCCC1. The summed E-state index contributed by atoms with van der Waals surface area (Å²) in [5.41, 5.74) is 1.89. The monoisotopic (exact) mass is 387 g/mol. The van der Waals surface area contributed by atoms with Gasteiger partial charge in [0.25, 0.3) is 0 Å². The van der Waals surface area contributed by atoms with Crippen molar-refractivity contribution in [3.63, 3.8) is 0 Å². The lowest BCUT2D eigenvalue weighted by atomic mass is 9.75. The summed E-state index contributed by atoms with van der Waals surface area (Å²) in [6, 6.07) is 8.64. The van der Waals surface area contributed by atoms with Gasteiger partial charge in [0.05, 0.1) is 0 Å². The first-order valence-electron chi connectivity index (χ1n) is 7.13. The van der Waals surface area contributed by atoms with Crippen LogP contribution in [0, 0.1) is 5.41 Å². The average Bonchev–Trinajstić information content (AvgIpc) is 2.39. The van der Waals surface area contributed by atoms with E-state index in [9.17, 15) is 0 Å². The number of hydrogen-bond acceptors (Lipinski definition) is 1. The molecule has 2 rings (SSSR count). The Bertz CT molecular complexity index is 399. The Kier molecular flexibility index (Phi) is 5.91. The van der Waals surface area contributed by atoms with E-state index in [1.54, 1.807) is 0 Å². The molecule has 0 spiro atoms. The predicted molar refractivity (Wildman–Crippen MR) is 89.8 cm³/mol. The van der Waals surface area contributed by atoms with Gasteiger partial charge < -0.3 is 4.90 Å². The third-order valence-corrected chi connectivity index (χ3v) is 5.83. The molecule has 0 aliphatic heterocycles. The van der Waals surface area contributed by atoms with Gasteiger partial charge in [0.15, 0.2) is 0 Å². The molecule has 1 aliphatic rings. The van der Waals surface area contributed by atoms with E-state index in [0.717, 1.165) is 11.9 Å². The molecule has 0 aromatic heterocycles. The summed E-state index contributed by atoms with van der Waals surface area (Å²) < 4.78 is 1.17. The second kappa shape index (κ2) is 7.24. The molecular formula is C16H23Br2N. The molecule has 1 aromatic rings. The van der Waals surface area contributed by atoms with Gasteiger partial charge in [0, 0.05) is 22.9 Å². The maximum absolute atomic E-state index is 3.76. The molecule has 0 heterocycles. The standard InChI is InChI=1S/C16H23Br2N/c1-19(11-14-6-5-7-15(18)10-14)13-16(12-17)8-3-2-4-9-16/h5-7,10H,2-4,8-9,11-13H2,1H3. The topological polar surface area (TPSA) is 3.24 Å². The third-order valence-electron chi connectivity index (χ3n) is 4.14. The molecule has 0 unspecified atom stereocenters. The minimum absolute atomic E-state index is 0.499.